The summed E-state index contributed by atoms with van der Waals surface area (Å²) in [6.07, 6.45) is 6.09. The zero-order chi connectivity index (χ0) is 18.8. The number of allylic oxidation sites excluding steroid dienone is 2. The minimum Gasteiger partial charge on any atom is -0.460 e. The first-order valence-electron chi connectivity index (χ1n) is 7.99. The van der Waals surface area contributed by atoms with E-state index in [0.29, 0.717) is 18.5 Å². The van der Waals surface area contributed by atoms with Gasteiger partial charge in [0.25, 0.3) is 0 Å². The number of benzene rings is 1. The second-order valence-electron chi connectivity index (χ2n) is 5.40. The minimum atomic E-state index is -0.819. The van der Waals surface area contributed by atoms with Crippen molar-refractivity contribution < 1.29 is 14.3 Å². The van der Waals surface area contributed by atoms with Gasteiger partial charge in [-0.05, 0) is 30.9 Å². The molecule has 1 amide bonds. The molecule has 1 aromatic rings. The molecular weight excluding hydrogens is 338 g/mol. The van der Waals surface area contributed by atoms with Crippen LogP contribution in [0.4, 0.5) is 5.69 Å². The molecule has 0 bridgehead atoms. The molecule has 0 saturated carbocycles. The number of anilines is 1. The summed E-state index contributed by atoms with van der Waals surface area (Å²) in [7, 11) is 0. The highest BCUT2D eigenvalue weighted by Gasteiger charge is 2.30. The molecule has 25 heavy (non-hydrogen) atoms. The second kappa shape index (κ2) is 10.5. The topological polar surface area (TPSA) is 46.6 Å². The SMILES string of the molecule is C=CCOC(=O)C(C)N(C(=O)CCl)c1c(CC=C)cccc1CC=C. The number of carbonyl (C=O) groups is 2. The highest BCUT2D eigenvalue weighted by molar-refractivity contribution is 6.30. The normalized spacial score (nSPS) is 11.3. The Morgan fingerprint density at radius 1 is 1.16 bits per heavy atom. The van der Waals surface area contributed by atoms with Crippen LogP contribution >= 0.6 is 11.6 Å². The molecule has 0 fully saturated rings. The van der Waals surface area contributed by atoms with Crippen molar-refractivity contribution in [3.8, 4) is 0 Å². The van der Waals surface area contributed by atoms with Gasteiger partial charge in [0.2, 0.25) is 5.91 Å². The van der Waals surface area contributed by atoms with E-state index in [2.05, 4.69) is 19.7 Å². The van der Waals surface area contributed by atoms with Gasteiger partial charge in [-0.3, -0.25) is 9.69 Å². The maximum Gasteiger partial charge on any atom is 0.329 e. The van der Waals surface area contributed by atoms with Crippen LogP contribution in [-0.2, 0) is 27.2 Å². The molecule has 1 unspecified atom stereocenters. The van der Waals surface area contributed by atoms with Crippen LogP contribution in [0.15, 0.2) is 56.2 Å². The predicted octanol–water partition coefficient (Wildman–Crippen LogP) is 3.83. The van der Waals surface area contributed by atoms with E-state index < -0.39 is 12.0 Å². The third-order valence-corrected chi connectivity index (χ3v) is 3.86. The van der Waals surface area contributed by atoms with E-state index in [1.54, 1.807) is 19.1 Å². The Labute approximate surface area is 154 Å². The predicted molar refractivity (Wildman–Crippen MR) is 103 cm³/mol. The van der Waals surface area contributed by atoms with E-state index in [4.69, 9.17) is 16.3 Å². The van der Waals surface area contributed by atoms with Crippen LogP contribution in [-0.4, -0.2) is 30.4 Å². The molecule has 0 saturated heterocycles. The third kappa shape index (κ3) is 5.33. The highest BCUT2D eigenvalue weighted by atomic mass is 35.5. The summed E-state index contributed by atoms with van der Waals surface area (Å²) in [5, 5.41) is 0. The van der Waals surface area contributed by atoms with Crippen LogP contribution in [0.5, 0.6) is 0 Å². The Hall–Kier alpha value is -2.33. The van der Waals surface area contributed by atoms with Gasteiger partial charge in [0.05, 0.1) is 5.69 Å². The van der Waals surface area contributed by atoms with Gasteiger partial charge in [-0.2, -0.15) is 0 Å². The molecule has 0 N–H and O–H groups in total. The molecule has 0 spiro atoms. The minimum absolute atomic E-state index is 0.0832. The van der Waals surface area contributed by atoms with Crippen molar-refractivity contribution in [1.82, 2.24) is 0 Å². The molecule has 1 atom stereocenters. The quantitative estimate of drug-likeness (QED) is 0.361. The Bertz CT molecular complexity index is 626. The van der Waals surface area contributed by atoms with Gasteiger partial charge in [0, 0.05) is 0 Å². The van der Waals surface area contributed by atoms with Crippen molar-refractivity contribution in [2.45, 2.75) is 25.8 Å². The summed E-state index contributed by atoms with van der Waals surface area (Å²) in [6.45, 7) is 12.8. The lowest BCUT2D eigenvalue weighted by atomic mass is 9.99. The van der Waals surface area contributed by atoms with Crippen molar-refractivity contribution in [3.05, 3.63) is 67.3 Å². The first-order chi connectivity index (χ1) is 12.0. The van der Waals surface area contributed by atoms with Gasteiger partial charge < -0.3 is 4.74 Å². The number of para-hydroxylation sites is 1. The van der Waals surface area contributed by atoms with Gasteiger partial charge in [0.1, 0.15) is 18.5 Å². The fraction of sp³-hybridized carbons (Fsp3) is 0.300. The maximum atomic E-state index is 12.6. The summed E-state index contributed by atoms with van der Waals surface area (Å²) in [6, 6.07) is 4.89. The summed E-state index contributed by atoms with van der Waals surface area (Å²) in [4.78, 5) is 26.3. The number of nitrogens with zero attached hydrogens (tertiary/aromatic N) is 1. The third-order valence-electron chi connectivity index (χ3n) is 3.63. The molecule has 0 aliphatic heterocycles. The van der Waals surface area contributed by atoms with Crippen LogP contribution < -0.4 is 4.90 Å². The van der Waals surface area contributed by atoms with E-state index in [0.717, 1.165) is 11.1 Å². The summed E-state index contributed by atoms with van der Waals surface area (Å²) >= 11 is 5.81. The molecule has 1 rings (SSSR count). The lowest BCUT2D eigenvalue weighted by molar-refractivity contribution is -0.144. The average Bonchev–Trinajstić information content (AvgIpc) is 2.61. The van der Waals surface area contributed by atoms with E-state index in [1.165, 1.54) is 11.0 Å². The fourth-order valence-corrected chi connectivity index (χ4v) is 2.69. The molecule has 0 radical (unpaired) electrons. The number of hydrogen-bond acceptors (Lipinski definition) is 3. The van der Waals surface area contributed by atoms with Crippen LogP contribution in [0.2, 0.25) is 0 Å². The van der Waals surface area contributed by atoms with Gasteiger partial charge >= 0.3 is 5.97 Å². The number of esters is 1. The van der Waals surface area contributed by atoms with Crippen LogP contribution in [0, 0.1) is 0 Å². The second-order valence-corrected chi connectivity index (χ2v) is 5.67. The summed E-state index contributed by atoms with van der Waals surface area (Å²) < 4.78 is 5.12. The highest BCUT2D eigenvalue weighted by Crippen LogP contribution is 2.30. The van der Waals surface area contributed by atoms with Crippen LogP contribution in [0.25, 0.3) is 0 Å². The summed E-state index contributed by atoms with van der Waals surface area (Å²) in [5.74, 6) is -1.13. The first-order valence-corrected chi connectivity index (χ1v) is 8.53. The molecule has 1 aromatic carbocycles. The molecule has 0 aromatic heterocycles. The largest absolute Gasteiger partial charge is 0.460 e. The zero-order valence-corrected chi connectivity index (χ0v) is 15.3. The van der Waals surface area contributed by atoms with Crippen molar-refractivity contribution in [3.63, 3.8) is 0 Å². The molecule has 0 aliphatic rings. The van der Waals surface area contributed by atoms with E-state index in [9.17, 15) is 9.59 Å². The number of halogens is 1. The monoisotopic (exact) mass is 361 g/mol. The van der Waals surface area contributed by atoms with Crippen molar-refractivity contribution in [1.29, 1.82) is 0 Å². The lowest BCUT2D eigenvalue weighted by Crippen LogP contribution is -2.46. The number of hydrogen-bond donors (Lipinski definition) is 0. The molecule has 0 aliphatic carbocycles. The average molecular weight is 362 g/mol. The number of rotatable bonds is 10. The number of alkyl halides is 1. The number of amides is 1. The molecule has 134 valence electrons. The Morgan fingerprint density at radius 3 is 2.16 bits per heavy atom. The lowest BCUT2D eigenvalue weighted by Gasteiger charge is -2.31. The molecule has 0 heterocycles. The Kier molecular flexibility index (Phi) is 8.71. The van der Waals surface area contributed by atoms with Gasteiger partial charge in [-0.15, -0.1) is 24.8 Å². The van der Waals surface area contributed by atoms with Gasteiger partial charge in [-0.25, -0.2) is 4.79 Å². The molecular formula is C20H24ClNO3. The zero-order valence-electron chi connectivity index (χ0n) is 14.5. The maximum absolute atomic E-state index is 12.6. The molecule has 5 heteroatoms. The van der Waals surface area contributed by atoms with Crippen molar-refractivity contribution in [2.75, 3.05) is 17.4 Å². The Balaban J connectivity index is 3.46. The Morgan fingerprint density at radius 2 is 1.72 bits per heavy atom. The van der Waals surface area contributed by atoms with E-state index in [1.807, 2.05) is 18.2 Å². The summed E-state index contributed by atoms with van der Waals surface area (Å²) in [5.41, 5.74) is 2.43. The van der Waals surface area contributed by atoms with E-state index in [-0.39, 0.29) is 18.4 Å². The standard InChI is InChI=1S/C20H24ClNO3/c1-5-9-16-11-8-12-17(10-6-2)19(16)22(18(23)14-21)15(4)20(24)25-13-7-3/h5-8,11-12,15H,1-3,9-10,13-14H2,4H3. The van der Waals surface area contributed by atoms with Gasteiger partial charge in [0.15, 0.2) is 0 Å². The van der Waals surface area contributed by atoms with Crippen LogP contribution in [0.3, 0.4) is 0 Å². The van der Waals surface area contributed by atoms with E-state index >= 15 is 0 Å². The fourth-order valence-electron chi connectivity index (χ4n) is 2.56. The van der Waals surface area contributed by atoms with Gasteiger partial charge in [-0.1, -0.05) is 43.0 Å². The first kappa shape index (κ1) is 20.7. The van der Waals surface area contributed by atoms with Crippen LogP contribution in [0.1, 0.15) is 18.1 Å². The van der Waals surface area contributed by atoms with Crippen molar-refractivity contribution >= 4 is 29.2 Å². The number of carbonyl (C=O) groups excluding carboxylic acids is 2. The number of ether oxygens (including phenoxy) is 1. The molecule has 4 nitrogen and oxygen atoms in total. The smallest absolute Gasteiger partial charge is 0.329 e. The van der Waals surface area contributed by atoms with Crippen molar-refractivity contribution in [2.24, 2.45) is 0 Å².